The molecular weight excluding hydrogens is 508 g/mol. The second-order valence-electron chi connectivity index (χ2n) is 8.36. The molecule has 10 heteroatoms. The summed E-state index contributed by atoms with van der Waals surface area (Å²) in [7, 11) is 0. The number of hydrogen-bond donors (Lipinski definition) is 4. The first-order valence-corrected chi connectivity index (χ1v) is 12.2. The van der Waals surface area contributed by atoms with Crippen LogP contribution in [-0.4, -0.2) is 42.1 Å². The van der Waals surface area contributed by atoms with E-state index in [9.17, 15) is 19.2 Å². The number of rotatable bonds is 9. The topological polar surface area (TPSA) is 129 Å². The number of fused-ring (bicyclic) bond motifs is 1. The summed E-state index contributed by atoms with van der Waals surface area (Å²) < 4.78 is 5.37. The highest BCUT2D eigenvalue weighted by Gasteiger charge is 2.24. The first kappa shape index (κ1) is 26.4. The van der Waals surface area contributed by atoms with Crippen molar-refractivity contribution < 1.29 is 19.1 Å². The molecule has 1 heterocycles. The molecule has 1 unspecified atom stereocenters. The molecule has 0 bridgehead atoms. The summed E-state index contributed by atoms with van der Waals surface area (Å²) >= 11 is 5.92. The molecule has 3 aromatic carbocycles. The number of aromatic nitrogens is 1. The van der Waals surface area contributed by atoms with Crippen LogP contribution in [0.25, 0.3) is 10.9 Å². The van der Waals surface area contributed by atoms with E-state index in [2.05, 4.69) is 20.9 Å². The van der Waals surface area contributed by atoms with Gasteiger partial charge < -0.3 is 25.7 Å². The van der Waals surface area contributed by atoms with E-state index in [4.69, 9.17) is 16.3 Å². The number of aromatic amines is 1. The van der Waals surface area contributed by atoms with Gasteiger partial charge in [0.25, 0.3) is 5.91 Å². The van der Waals surface area contributed by atoms with Gasteiger partial charge in [0.05, 0.1) is 6.54 Å². The molecule has 1 atom stereocenters. The molecule has 4 aromatic rings. The zero-order chi connectivity index (χ0) is 26.9. The highest BCUT2D eigenvalue weighted by atomic mass is 35.5. The van der Waals surface area contributed by atoms with E-state index < -0.39 is 23.9 Å². The molecular formula is C28H25ClN4O5. The first-order valence-electron chi connectivity index (χ1n) is 11.8. The minimum Gasteiger partial charge on any atom is -0.462 e. The van der Waals surface area contributed by atoms with Crippen molar-refractivity contribution in [2.45, 2.75) is 12.5 Å². The van der Waals surface area contributed by atoms with Gasteiger partial charge in [0.15, 0.2) is 0 Å². The highest BCUT2D eigenvalue weighted by molar-refractivity contribution is 6.30. The molecule has 194 valence electrons. The number of carbonyl (C=O) groups is 3. The Labute approximate surface area is 223 Å². The molecule has 0 aliphatic heterocycles. The number of para-hydroxylation sites is 2. The van der Waals surface area contributed by atoms with Crippen LogP contribution in [0.1, 0.15) is 15.9 Å². The minimum absolute atomic E-state index is 0.0184. The lowest BCUT2D eigenvalue weighted by Crippen LogP contribution is -2.44. The first-order chi connectivity index (χ1) is 18.4. The van der Waals surface area contributed by atoms with Crippen LogP contribution in [0.5, 0.6) is 0 Å². The van der Waals surface area contributed by atoms with E-state index >= 15 is 0 Å². The Hall–Kier alpha value is -4.63. The van der Waals surface area contributed by atoms with Crippen molar-refractivity contribution in [1.82, 2.24) is 15.6 Å². The number of esters is 1. The Morgan fingerprint density at radius 2 is 1.63 bits per heavy atom. The lowest BCUT2D eigenvalue weighted by Gasteiger charge is -2.19. The van der Waals surface area contributed by atoms with Crippen LogP contribution in [0.15, 0.2) is 89.7 Å². The molecule has 4 rings (SSSR count). The average molecular weight is 533 g/mol. The minimum atomic E-state index is -1.10. The predicted octanol–water partition coefficient (Wildman–Crippen LogP) is 3.89. The van der Waals surface area contributed by atoms with Gasteiger partial charge in [-0.2, -0.15) is 0 Å². The summed E-state index contributed by atoms with van der Waals surface area (Å²) in [6.07, 6.45) is 0.0184. The van der Waals surface area contributed by atoms with Gasteiger partial charge in [-0.1, -0.05) is 48.0 Å². The number of halogens is 1. The van der Waals surface area contributed by atoms with Crippen molar-refractivity contribution >= 4 is 46.1 Å². The maximum absolute atomic E-state index is 13.1. The third-order valence-electron chi connectivity index (χ3n) is 5.62. The molecule has 0 radical (unpaired) electrons. The third-order valence-corrected chi connectivity index (χ3v) is 5.87. The number of H-pyrrole nitrogens is 1. The van der Waals surface area contributed by atoms with Crippen LogP contribution < -0.4 is 21.5 Å². The zero-order valence-corrected chi connectivity index (χ0v) is 21.0. The molecule has 0 aliphatic carbocycles. The number of carbonyl (C=O) groups excluding carboxylic acids is 3. The highest BCUT2D eigenvalue weighted by Crippen LogP contribution is 2.17. The van der Waals surface area contributed by atoms with E-state index in [1.54, 1.807) is 48.5 Å². The Balaban J connectivity index is 1.44. The standard InChI is InChI=1S/C28H25ClN4O5/c29-20-12-10-18(11-13-20)26(35)33-24(16-19-17-25(34)32-23-9-5-4-8-22(19)23)27(36)38-15-14-30-28(37)31-21-6-2-1-3-7-21/h1-13,17,24H,14-16H2,(H,32,34)(H,33,35)(H2,30,31,37). The van der Waals surface area contributed by atoms with Gasteiger partial charge in [0, 0.05) is 39.7 Å². The smallest absolute Gasteiger partial charge is 0.329 e. The lowest BCUT2D eigenvalue weighted by molar-refractivity contribution is -0.145. The summed E-state index contributed by atoms with van der Waals surface area (Å²) in [4.78, 5) is 53.0. The monoisotopic (exact) mass is 532 g/mol. The predicted molar refractivity (Wildman–Crippen MR) is 145 cm³/mol. The SMILES string of the molecule is O=C(NCCOC(=O)C(Cc1cc(=O)[nH]c2ccccc12)NC(=O)c1ccc(Cl)cc1)Nc1ccccc1. The summed E-state index contributed by atoms with van der Waals surface area (Å²) in [6.45, 7) is -0.0688. The van der Waals surface area contributed by atoms with Gasteiger partial charge in [-0.05, 0) is 48.0 Å². The molecule has 0 spiro atoms. The number of amides is 3. The lowest BCUT2D eigenvalue weighted by atomic mass is 10.0. The maximum atomic E-state index is 13.1. The van der Waals surface area contributed by atoms with E-state index in [0.29, 0.717) is 27.4 Å². The fourth-order valence-corrected chi connectivity index (χ4v) is 3.94. The molecule has 4 N–H and O–H groups in total. The van der Waals surface area contributed by atoms with Gasteiger partial charge >= 0.3 is 12.0 Å². The van der Waals surface area contributed by atoms with Gasteiger partial charge in [-0.25, -0.2) is 9.59 Å². The van der Waals surface area contributed by atoms with E-state index in [-0.39, 0.29) is 25.1 Å². The fraction of sp³-hybridized carbons (Fsp3) is 0.143. The number of ether oxygens (including phenoxy) is 1. The summed E-state index contributed by atoms with van der Waals surface area (Å²) in [5.74, 6) is -1.21. The van der Waals surface area contributed by atoms with Crippen LogP contribution in [0.2, 0.25) is 5.02 Å². The van der Waals surface area contributed by atoms with Crippen LogP contribution in [0.3, 0.4) is 0 Å². The van der Waals surface area contributed by atoms with E-state index in [1.165, 1.54) is 18.2 Å². The van der Waals surface area contributed by atoms with Gasteiger partial charge in [-0.15, -0.1) is 0 Å². The number of pyridine rings is 1. The molecule has 0 fully saturated rings. The number of anilines is 1. The van der Waals surface area contributed by atoms with E-state index in [1.807, 2.05) is 18.2 Å². The molecule has 0 saturated carbocycles. The van der Waals surface area contributed by atoms with Crippen LogP contribution in [0, 0.1) is 0 Å². The summed E-state index contributed by atoms with van der Waals surface area (Å²) in [6, 6.07) is 22.1. The summed E-state index contributed by atoms with van der Waals surface area (Å²) in [5, 5.41) is 9.18. The van der Waals surface area contributed by atoms with Crippen molar-refractivity contribution in [3.8, 4) is 0 Å². The maximum Gasteiger partial charge on any atom is 0.329 e. The molecule has 9 nitrogen and oxygen atoms in total. The third kappa shape index (κ3) is 7.21. The Morgan fingerprint density at radius 1 is 0.921 bits per heavy atom. The number of nitrogens with one attached hydrogen (secondary N) is 4. The fourth-order valence-electron chi connectivity index (χ4n) is 3.82. The van der Waals surface area contributed by atoms with Crippen LogP contribution in [-0.2, 0) is 16.0 Å². The zero-order valence-electron chi connectivity index (χ0n) is 20.2. The second kappa shape index (κ2) is 12.6. The number of hydrogen-bond acceptors (Lipinski definition) is 5. The largest absolute Gasteiger partial charge is 0.462 e. The number of benzene rings is 3. The molecule has 1 aromatic heterocycles. The Bertz CT molecular complexity index is 1490. The van der Waals surface area contributed by atoms with Gasteiger partial charge in [-0.3, -0.25) is 9.59 Å². The van der Waals surface area contributed by atoms with Crippen LogP contribution >= 0.6 is 11.6 Å². The van der Waals surface area contributed by atoms with Crippen molar-refractivity contribution in [1.29, 1.82) is 0 Å². The normalized spacial score (nSPS) is 11.4. The Kier molecular flexibility index (Phi) is 8.73. The molecule has 3 amide bonds. The summed E-state index contributed by atoms with van der Waals surface area (Å²) in [5.41, 5.74) is 1.78. The van der Waals surface area contributed by atoms with Crippen LogP contribution in [0.4, 0.5) is 10.5 Å². The van der Waals surface area contributed by atoms with Gasteiger partial charge in [0.1, 0.15) is 12.6 Å². The molecule has 38 heavy (non-hydrogen) atoms. The molecule has 0 saturated heterocycles. The van der Waals surface area contributed by atoms with Crippen molar-refractivity contribution in [2.24, 2.45) is 0 Å². The van der Waals surface area contributed by atoms with E-state index in [0.717, 1.165) is 5.39 Å². The van der Waals surface area contributed by atoms with Crippen molar-refractivity contribution in [3.63, 3.8) is 0 Å². The average Bonchev–Trinajstić information content (AvgIpc) is 2.91. The van der Waals surface area contributed by atoms with Gasteiger partial charge in [0.2, 0.25) is 5.56 Å². The van der Waals surface area contributed by atoms with Crippen molar-refractivity contribution in [2.75, 3.05) is 18.5 Å². The second-order valence-corrected chi connectivity index (χ2v) is 8.79. The molecule has 0 aliphatic rings. The number of urea groups is 1. The quantitative estimate of drug-likeness (QED) is 0.192. The Morgan fingerprint density at radius 3 is 2.39 bits per heavy atom. The van der Waals surface area contributed by atoms with Crippen molar-refractivity contribution in [3.05, 3.63) is 111 Å².